The van der Waals surface area contributed by atoms with Crippen LogP contribution in [0.1, 0.15) is 0 Å². The highest BCUT2D eigenvalue weighted by Crippen LogP contribution is 2.21. The van der Waals surface area contributed by atoms with Gasteiger partial charge in [0.15, 0.2) is 0 Å². The fraction of sp³-hybridized carbons (Fsp3) is 0.300. The summed E-state index contributed by atoms with van der Waals surface area (Å²) < 4.78 is 12.7. The van der Waals surface area contributed by atoms with Gasteiger partial charge in [-0.05, 0) is 18.2 Å². The van der Waals surface area contributed by atoms with Crippen LogP contribution in [0.25, 0.3) is 0 Å². The summed E-state index contributed by atoms with van der Waals surface area (Å²) in [5.41, 5.74) is 0.549. The number of anilines is 1. The molecule has 1 rings (SSSR count). The van der Waals surface area contributed by atoms with Crippen LogP contribution in [-0.2, 0) is 4.79 Å². The molecule has 15 heavy (non-hydrogen) atoms. The Hall–Kier alpha value is -1.29. The summed E-state index contributed by atoms with van der Waals surface area (Å²) in [4.78, 5) is 12.7. The van der Waals surface area contributed by atoms with Gasteiger partial charge in [-0.1, -0.05) is 11.6 Å². The van der Waals surface area contributed by atoms with Crippen molar-refractivity contribution in [2.75, 3.05) is 26.0 Å². The minimum Gasteiger partial charge on any atom is -0.375 e. The van der Waals surface area contributed by atoms with Crippen LogP contribution in [0.2, 0.25) is 5.02 Å². The number of halogens is 2. The lowest BCUT2D eigenvalue weighted by Gasteiger charge is -2.12. The van der Waals surface area contributed by atoms with Crippen molar-refractivity contribution in [1.29, 1.82) is 0 Å². The molecule has 0 fully saturated rings. The molecule has 0 atom stereocenters. The van der Waals surface area contributed by atoms with Crippen LogP contribution in [0.4, 0.5) is 10.1 Å². The number of amides is 1. The lowest BCUT2D eigenvalue weighted by Crippen LogP contribution is -2.28. The molecule has 0 radical (unpaired) electrons. The molecule has 5 heteroatoms. The molecule has 0 spiro atoms. The van der Waals surface area contributed by atoms with Crippen LogP contribution >= 0.6 is 11.6 Å². The average molecular weight is 231 g/mol. The number of benzene rings is 1. The lowest BCUT2D eigenvalue weighted by molar-refractivity contribution is -0.126. The third-order valence-corrected chi connectivity index (χ3v) is 2.17. The number of carbonyl (C=O) groups is 1. The van der Waals surface area contributed by atoms with E-state index in [1.807, 2.05) is 0 Å². The first kappa shape index (κ1) is 11.8. The number of hydrogen-bond acceptors (Lipinski definition) is 2. The van der Waals surface area contributed by atoms with Gasteiger partial charge in [-0.15, -0.1) is 0 Å². The Morgan fingerprint density at radius 2 is 2.20 bits per heavy atom. The summed E-state index contributed by atoms with van der Waals surface area (Å²) in [6.07, 6.45) is 0. The Bertz CT molecular complexity index is 368. The quantitative estimate of drug-likeness (QED) is 0.861. The molecule has 0 saturated carbocycles. The van der Waals surface area contributed by atoms with Gasteiger partial charge in [0.25, 0.3) is 0 Å². The highest BCUT2D eigenvalue weighted by molar-refractivity contribution is 6.33. The monoisotopic (exact) mass is 230 g/mol. The topological polar surface area (TPSA) is 32.3 Å². The van der Waals surface area contributed by atoms with Crippen LogP contribution < -0.4 is 5.32 Å². The minimum atomic E-state index is -0.399. The zero-order valence-electron chi connectivity index (χ0n) is 8.55. The molecule has 82 valence electrons. The third-order valence-electron chi connectivity index (χ3n) is 1.86. The van der Waals surface area contributed by atoms with Crippen molar-refractivity contribution in [3.63, 3.8) is 0 Å². The second-order valence-corrected chi connectivity index (χ2v) is 3.67. The van der Waals surface area contributed by atoms with E-state index in [9.17, 15) is 9.18 Å². The molecule has 1 aromatic rings. The molecule has 3 nitrogen and oxygen atoms in total. The Kier molecular flexibility index (Phi) is 3.91. The van der Waals surface area contributed by atoms with E-state index in [0.717, 1.165) is 0 Å². The zero-order valence-corrected chi connectivity index (χ0v) is 9.31. The Balaban J connectivity index is 2.62. The average Bonchev–Trinajstić information content (AvgIpc) is 2.15. The van der Waals surface area contributed by atoms with E-state index in [2.05, 4.69) is 5.32 Å². The Morgan fingerprint density at radius 3 is 2.73 bits per heavy atom. The van der Waals surface area contributed by atoms with Crippen LogP contribution in [0.15, 0.2) is 18.2 Å². The fourth-order valence-electron chi connectivity index (χ4n) is 0.962. The van der Waals surface area contributed by atoms with Crippen molar-refractivity contribution in [2.24, 2.45) is 0 Å². The molecule has 1 aromatic carbocycles. The smallest absolute Gasteiger partial charge is 0.241 e. The maximum absolute atomic E-state index is 12.7. The number of rotatable bonds is 3. The molecule has 1 N–H and O–H groups in total. The summed E-state index contributed by atoms with van der Waals surface area (Å²) in [6.45, 7) is 0.137. The van der Waals surface area contributed by atoms with E-state index in [1.165, 1.54) is 23.1 Å². The summed E-state index contributed by atoms with van der Waals surface area (Å²) in [7, 11) is 3.33. The first-order chi connectivity index (χ1) is 7.00. The molecular formula is C10H12ClFN2O. The largest absolute Gasteiger partial charge is 0.375 e. The predicted molar refractivity (Wildman–Crippen MR) is 58.6 cm³/mol. The molecule has 0 heterocycles. The van der Waals surface area contributed by atoms with Crippen LogP contribution in [0.5, 0.6) is 0 Å². The molecule has 0 aromatic heterocycles. The van der Waals surface area contributed by atoms with Gasteiger partial charge in [0, 0.05) is 14.1 Å². The van der Waals surface area contributed by atoms with Crippen molar-refractivity contribution in [2.45, 2.75) is 0 Å². The number of nitrogens with one attached hydrogen (secondary N) is 1. The number of hydrogen-bond donors (Lipinski definition) is 1. The van der Waals surface area contributed by atoms with Crippen molar-refractivity contribution in [3.05, 3.63) is 29.0 Å². The standard InChI is InChI=1S/C10H12ClFN2O/c1-14(2)10(15)6-13-9-4-3-7(12)5-8(9)11/h3-5,13H,6H2,1-2H3. The number of likely N-dealkylation sites (N-methyl/N-ethyl adjacent to an activating group) is 1. The van der Waals surface area contributed by atoms with Crippen LogP contribution in [-0.4, -0.2) is 31.4 Å². The molecule has 1 amide bonds. The third kappa shape index (κ3) is 3.40. The van der Waals surface area contributed by atoms with Gasteiger partial charge < -0.3 is 10.2 Å². The maximum atomic E-state index is 12.7. The summed E-state index contributed by atoms with van der Waals surface area (Å²) >= 11 is 5.77. The summed E-state index contributed by atoms with van der Waals surface area (Å²) in [5, 5.41) is 3.10. The second-order valence-electron chi connectivity index (χ2n) is 3.27. The molecule has 0 aliphatic carbocycles. The molecule has 0 saturated heterocycles. The molecule has 0 unspecified atom stereocenters. The van der Waals surface area contributed by atoms with Gasteiger partial charge in [0.1, 0.15) is 5.82 Å². The van der Waals surface area contributed by atoms with Crippen LogP contribution in [0.3, 0.4) is 0 Å². The van der Waals surface area contributed by atoms with Gasteiger partial charge >= 0.3 is 0 Å². The van der Waals surface area contributed by atoms with Crippen molar-refractivity contribution >= 4 is 23.2 Å². The van der Waals surface area contributed by atoms with Crippen molar-refractivity contribution in [3.8, 4) is 0 Å². The first-order valence-corrected chi connectivity index (χ1v) is 4.77. The van der Waals surface area contributed by atoms with E-state index in [4.69, 9.17) is 11.6 Å². The summed E-state index contributed by atoms with van der Waals surface area (Å²) in [5.74, 6) is -0.472. The Morgan fingerprint density at radius 1 is 1.53 bits per heavy atom. The maximum Gasteiger partial charge on any atom is 0.241 e. The molecule has 0 aliphatic rings. The highest BCUT2D eigenvalue weighted by Gasteiger charge is 2.05. The SMILES string of the molecule is CN(C)C(=O)CNc1ccc(F)cc1Cl. The predicted octanol–water partition coefficient (Wildman–Crippen LogP) is 1.98. The second kappa shape index (κ2) is 4.98. The number of nitrogens with zero attached hydrogens (tertiary/aromatic N) is 1. The van der Waals surface area contributed by atoms with Gasteiger partial charge in [-0.2, -0.15) is 0 Å². The fourth-order valence-corrected chi connectivity index (χ4v) is 1.20. The van der Waals surface area contributed by atoms with E-state index in [0.29, 0.717) is 5.69 Å². The van der Waals surface area contributed by atoms with Gasteiger partial charge in [-0.25, -0.2) is 4.39 Å². The number of carbonyl (C=O) groups excluding carboxylic acids is 1. The van der Waals surface area contributed by atoms with E-state index in [-0.39, 0.29) is 17.5 Å². The van der Waals surface area contributed by atoms with Crippen LogP contribution in [0, 0.1) is 5.82 Å². The highest BCUT2D eigenvalue weighted by atomic mass is 35.5. The van der Waals surface area contributed by atoms with Gasteiger partial charge in [0.05, 0.1) is 17.3 Å². The molecule has 0 bridgehead atoms. The first-order valence-electron chi connectivity index (χ1n) is 4.40. The summed E-state index contributed by atoms with van der Waals surface area (Å²) in [6, 6.07) is 3.99. The molecule has 0 aliphatic heterocycles. The van der Waals surface area contributed by atoms with E-state index >= 15 is 0 Å². The van der Waals surface area contributed by atoms with Gasteiger partial charge in [0.2, 0.25) is 5.91 Å². The van der Waals surface area contributed by atoms with E-state index < -0.39 is 5.82 Å². The van der Waals surface area contributed by atoms with Crippen molar-refractivity contribution in [1.82, 2.24) is 4.90 Å². The Labute approximate surface area is 92.8 Å². The van der Waals surface area contributed by atoms with Crippen molar-refractivity contribution < 1.29 is 9.18 Å². The van der Waals surface area contributed by atoms with Gasteiger partial charge in [-0.3, -0.25) is 4.79 Å². The normalized spacial score (nSPS) is 9.87. The minimum absolute atomic E-state index is 0.0737. The zero-order chi connectivity index (χ0) is 11.4. The lowest BCUT2D eigenvalue weighted by atomic mass is 10.3. The molecular weight excluding hydrogens is 219 g/mol. The van der Waals surface area contributed by atoms with E-state index in [1.54, 1.807) is 14.1 Å².